The van der Waals surface area contributed by atoms with Crippen LogP contribution in [0.25, 0.3) is 0 Å². The van der Waals surface area contributed by atoms with Crippen LogP contribution < -0.4 is 15.5 Å². The smallest absolute Gasteiger partial charge is 0.191 e. The fraction of sp³-hybridized carbons (Fsp3) is 0.526. The van der Waals surface area contributed by atoms with Crippen molar-refractivity contribution >= 4 is 11.6 Å². The summed E-state index contributed by atoms with van der Waals surface area (Å²) in [6.07, 6.45) is 3.31. The van der Waals surface area contributed by atoms with Crippen LogP contribution in [-0.2, 0) is 19.5 Å². The molecule has 1 atom stereocenters. The van der Waals surface area contributed by atoms with Crippen molar-refractivity contribution in [2.24, 2.45) is 4.99 Å². The standard InChI is InChI=1S/C19H27N7/c1-2-20-19(21-13-18-24-23-17-9-6-11-26(17)18)22-15-10-12-25(14-15)16-7-4-3-5-8-16/h3-5,7-8,15H,2,6,9-14H2,1H3,(H2,20,21,22). The highest BCUT2D eigenvalue weighted by molar-refractivity contribution is 5.80. The fourth-order valence-corrected chi connectivity index (χ4v) is 3.74. The molecule has 0 radical (unpaired) electrons. The predicted octanol–water partition coefficient (Wildman–Crippen LogP) is 1.56. The third-order valence-corrected chi connectivity index (χ3v) is 5.06. The number of aromatic nitrogens is 3. The van der Waals surface area contributed by atoms with Crippen molar-refractivity contribution in [3.05, 3.63) is 42.0 Å². The van der Waals surface area contributed by atoms with E-state index >= 15 is 0 Å². The fourth-order valence-electron chi connectivity index (χ4n) is 3.74. The summed E-state index contributed by atoms with van der Waals surface area (Å²) in [6, 6.07) is 11.0. The Labute approximate surface area is 154 Å². The van der Waals surface area contributed by atoms with E-state index in [0.29, 0.717) is 12.6 Å². The molecule has 138 valence electrons. The van der Waals surface area contributed by atoms with Crippen LogP contribution in [0.2, 0.25) is 0 Å². The van der Waals surface area contributed by atoms with Gasteiger partial charge in [0.15, 0.2) is 11.8 Å². The van der Waals surface area contributed by atoms with E-state index in [2.05, 4.69) is 67.6 Å². The minimum atomic E-state index is 0.400. The van der Waals surface area contributed by atoms with Gasteiger partial charge >= 0.3 is 0 Å². The zero-order valence-corrected chi connectivity index (χ0v) is 15.4. The number of fused-ring (bicyclic) bond motifs is 1. The largest absolute Gasteiger partial charge is 0.369 e. The summed E-state index contributed by atoms with van der Waals surface area (Å²) in [6.45, 7) is 6.59. The van der Waals surface area contributed by atoms with Gasteiger partial charge in [-0.05, 0) is 31.9 Å². The molecule has 2 aliphatic heterocycles. The summed E-state index contributed by atoms with van der Waals surface area (Å²) < 4.78 is 2.21. The Morgan fingerprint density at radius 2 is 2.12 bits per heavy atom. The highest BCUT2D eigenvalue weighted by Crippen LogP contribution is 2.19. The average molecular weight is 353 g/mol. The number of aliphatic imine (C=N–C) groups is 1. The number of anilines is 1. The van der Waals surface area contributed by atoms with Gasteiger partial charge < -0.3 is 20.1 Å². The zero-order valence-electron chi connectivity index (χ0n) is 15.4. The second kappa shape index (κ2) is 7.76. The maximum absolute atomic E-state index is 4.75. The number of nitrogens with one attached hydrogen (secondary N) is 2. The Morgan fingerprint density at radius 1 is 1.23 bits per heavy atom. The summed E-state index contributed by atoms with van der Waals surface area (Å²) in [5.74, 6) is 2.93. The molecule has 1 unspecified atom stereocenters. The van der Waals surface area contributed by atoms with Gasteiger partial charge in [0.2, 0.25) is 0 Å². The van der Waals surface area contributed by atoms with Gasteiger partial charge in [0.25, 0.3) is 0 Å². The van der Waals surface area contributed by atoms with Crippen LogP contribution in [0.1, 0.15) is 31.4 Å². The molecule has 0 bridgehead atoms. The maximum atomic E-state index is 4.75. The Balaban J connectivity index is 1.37. The van der Waals surface area contributed by atoms with Crippen LogP contribution in [0.3, 0.4) is 0 Å². The van der Waals surface area contributed by atoms with Crippen LogP contribution in [0, 0.1) is 0 Å². The molecule has 1 saturated heterocycles. The Bertz CT molecular complexity index is 753. The Kier molecular flexibility index (Phi) is 5.04. The first-order valence-electron chi connectivity index (χ1n) is 9.59. The lowest BCUT2D eigenvalue weighted by molar-refractivity contribution is 0.643. The highest BCUT2D eigenvalue weighted by Gasteiger charge is 2.23. The van der Waals surface area contributed by atoms with Crippen LogP contribution >= 0.6 is 0 Å². The van der Waals surface area contributed by atoms with Gasteiger partial charge in [-0.3, -0.25) is 0 Å². The lowest BCUT2D eigenvalue weighted by Gasteiger charge is -2.20. The van der Waals surface area contributed by atoms with Crippen LogP contribution in [0.4, 0.5) is 5.69 Å². The summed E-state index contributed by atoms with van der Waals surface area (Å²) in [7, 11) is 0. The SMILES string of the molecule is CCNC(=NCc1nnc2n1CCC2)NC1CCN(c2ccccc2)C1. The minimum Gasteiger partial charge on any atom is -0.369 e. The Morgan fingerprint density at radius 3 is 2.96 bits per heavy atom. The molecule has 1 aromatic carbocycles. The molecule has 1 fully saturated rings. The molecule has 0 spiro atoms. The van der Waals surface area contributed by atoms with E-state index < -0.39 is 0 Å². The van der Waals surface area contributed by atoms with E-state index in [4.69, 9.17) is 4.99 Å². The molecule has 2 aliphatic rings. The maximum Gasteiger partial charge on any atom is 0.191 e. The molecular weight excluding hydrogens is 326 g/mol. The lowest BCUT2D eigenvalue weighted by Crippen LogP contribution is -2.44. The first-order valence-corrected chi connectivity index (χ1v) is 9.59. The molecule has 1 aromatic heterocycles. The number of benzene rings is 1. The zero-order chi connectivity index (χ0) is 17.8. The number of rotatable bonds is 5. The van der Waals surface area contributed by atoms with E-state index in [0.717, 1.165) is 63.0 Å². The monoisotopic (exact) mass is 353 g/mol. The van der Waals surface area contributed by atoms with E-state index in [1.165, 1.54) is 5.69 Å². The van der Waals surface area contributed by atoms with Crippen molar-refractivity contribution in [2.75, 3.05) is 24.5 Å². The second-order valence-electron chi connectivity index (χ2n) is 6.89. The molecular formula is C19H27N7. The van der Waals surface area contributed by atoms with Gasteiger partial charge in [-0.25, -0.2) is 4.99 Å². The molecule has 2 N–H and O–H groups in total. The summed E-state index contributed by atoms with van der Waals surface area (Å²) in [4.78, 5) is 7.17. The van der Waals surface area contributed by atoms with Crippen molar-refractivity contribution < 1.29 is 0 Å². The van der Waals surface area contributed by atoms with E-state index in [9.17, 15) is 0 Å². The van der Waals surface area contributed by atoms with Gasteiger partial charge in [-0.1, -0.05) is 18.2 Å². The summed E-state index contributed by atoms with van der Waals surface area (Å²) >= 11 is 0. The minimum absolute atomic E-state index is 0.400. The van der Waals surface area contributed by atoms with Gasteiger partial charge in [-0.2, -0.15) is 0 Å². The average Bonchev–Trinajstić information content (AvgIpc) is 3.38. The van der Waals surface area contributed by atoms with E-state index in [-0.39, 0.29) is 0 Å². The van der Waals surface area contributed by atoms with Crippen molar-refractivity contribution in [3.63, 3.8) is 0 Å². The number of hydrogen-bond acceptors (Lipinski definition) is 4. The molecule has 2 aromatic rings. The molecule has 0 aliphatic carbocycles. The topological polar surface area (TPSA) is 70.4 Å². The highest BCUT2D eigenvalue weighted by atomic mass is 15.3. The molecule has 0 saturated carbocycles. The van der Waals surface area contributed by atoms with Gasteiger partial charge in [0, 0.05) is 44.3 Å². The number of hydrogen-bond donors (Lipinski definition) is 2. The first-order chi connectivity index (χ1) is 12.8. The van der Waals surface area contributed by atoms with E-state index in [1.54, 1.807) is 0 Å². The van der Waals surface area contributed by atoms with Gasteiger partial charge in [-0.15, -0.1) is 10.2 Å². The molecule has 26 heavy (non-hydrogen) atoms. The second-order valence-corrected chi connectivity index (χ2v) is 6.89. The van der Waals surface area contributed by atoms with Crippen LogP contribution in [0.15, 0.2) is 35.3 Å². The predicted molar refractivity (Wildman–Crippen MR) is 103 cm³/mol. The molecule has 0 amide bonds. The third-order valence-electron chi connectivity index (χ3n) is 5.06. The van der Waals surface area contributed by atoms with Crippen LogP contribution in [0.5, 0.6) is 0 Å². The number of aryl methyl sites for hydroxylation is 1. The van der Waals surface area contributed by atoms with Crippen molar-refractivity contribution in [2.45, 2.75) is 45.3 Å². The third kappa shape index (κ3) is 3.66. The Hall–Kier alpha value is -2.57. The van der Waals surface area contributed by atoms with Crippen LogP contribution in [-0.4, -0.2) is 46.4 Å². The number of para-hydroxylation sites is 1. The summed E-state index contributed by atoms with van der Waals surface area (Å²) in [5.41, 5.74) is 1.29. The van der Waals surface area contributed by atoms with Gasteiger partial charge in [0.1, 0.15) is 12.4 Å². The molecule has 3 heterocycles. The first kappa shape index (κ1) is 16.9. The lowest BCUT2D eigenvalue weighted by atomic mass is 10.3. The molecule has 7 nitrogen and oxygen atoms in total. The molecule has 4 rings (SSSR count). The number of nitrogens with zero attached hydrogens (tertiary/aromatic N) is 5. The van der Waals surface area contributed by atoms with Crippen molar-refractivity contribution in [1.82, 2.24) is 25.4 Å². The summed E-state index contributed by atoms with van der Waals surface area (Å²) in [5, 5.41) is 15.5. The van der Waals surface area contributed by atoms with Crippen molar-refractivity contribution in [3.8, 4) is 0 Å². The van der Waals surface area contributed by atoms with E-state index in [1.807, 2.05) is 0 Å². The van der Waals surface area contributed by atoms with Crippen molar-refractivity contribution in [1.29, 1.82) is 0 Å². The normalized spacial score (nSPS) is 19.7. The van der Waals surface area contributed by atoms with Gasteiger partial charge in [0.05, 0.1) is 0 Å². The quantitative estimate of drug-likeness (QED) is 0.631. The molecule has 7 heteroatoms. The number of guanidine groups is 1.